The summed E-state index contributed by atoms with van der Waals surface area (Å²) in [5.41, 5.74) is 2.07. The van der Waals surface area contributed by atoms with Crippen LogP contribution >= 0.6 is 0 Å². The molecule has 1 saturated carbocycles. The van der Waals surface area contributed by atoms with Gasteiger partial charge >= 0.3 is 0 Å². The molecule has 2 heterocycles. The summed E-state index contributed by atoms with van der Waals surface area (Å²) < 4.78 is 8.02. The van der Waals surface area contributed by atoms with Gasteiger partial charge in [-0.1, -0.05) is 50.3 Å². The number of benzene rings is 2. The van der Waals surface area contributed by atoms with Gasteiger partial charge in [-0.05, 0) is 66.6 Å². The van der Waals surface area contributed by atoms with E-state index in [-0.39, 0.29) is 0 Å². The third-order valence-corrected chi connectivity index (χ3v) is 6.35. The number of nitrogens with one attached hydrogen (secondary N) is 1. The Morgan fingerprint density at radius 1 is 0.938 bits per heavy atom. The van der Waals surface area contributed by atoms with Gasteiger partial charge in [0.15, 0.2) is 0 Å². The van der Waals surface area contributed by atoms with E-state index in [0.717, 1.165) is 41.7 Å². The maximum absolute atomic E-state index is 5.95. The minimum absolute atomic E-state index is 0.571. The molecule has 164 valence electrons. The van der Waals surface area contributed by atoms with Crippen molar-refractivity contribution < 1.29 is 4.74 Å². The van der Waals surface area contributed by atoms with Gasteiger partial charge in [0.25, 0.3) is 0 Å². The summed E-state index contributed by atoms with van der Waals surface area (Å²) in [6.45, 7) is 0.791. The van der Waals surface area contributed by atoms with Crippen LogP contribution in [0.3, 0.4) is 0 Å². The quantitative estimate of drug-likeness (QED) is 0.311. The molecule has 0 amide bonds. The number of hydrogen-bond acceptors (Lipinski definition) is 4. The second-order valence-corrected chi connectivity index (χ2v) is 8.63. The Hall–Kier alpha value is -3.34. The van der Waals surface area contributed by atoms with Crippen LogP contribution in [0.1, 0.15) is 44.9 Å². The number of anilines is 2. The summed E-state index contributed by atoms with van der Waals surface area (Å²) in [6, 6.07) is 20.3. The largest absolute Gasteiger partial charge is 0.494 e. The first-order chi connectivity index (χ1) is 15.8. The average Bonchev–Trinajstić information content (AvgIpc) is 3.28. The molecule has 1 aliphatic rings. The Bertz CT molecular complexity index is 1150. The molecule has 2 aromatic carbocycles. The second kappa shape index (κ2) is 9.86. The maximum atomic E-state index is 5.95. The number of fused-ring (bicyclic) bond motifs is 1. The molecule has 4 aromatic rings. The fraction of sp³-hybridized carbons (Fsp3) is 0.333. The molecular weight excluding hydrogens is 396 g/mol. The lowest BCUT2D eigenvalue weighted by molar-refractivity contribution is 0.269. The van der Waals surface area contributed by atoms with Gasteiger partial charge in [-0.3, -0.25) is 0 Å². The van der Waals surface area contributed by atoms with E-state index >= 15 is 0 Å². The fourth-order valence-corrected chi connectivity index (χ4v) is 4.63. The molecule has 0 atom stereocenters. The number of aromatic nitrogens is 3. The lowest BCUT2D eigenvalue weighted by atomic mass is 9.86. The van der Waals surface area contributed by atoms with Gasteiger partial charge < -0.3 is 14.6 Å². The van der Waals surface area contributed by atoms with Crippen LogP contribution in [0.2, 0.25) is 0 Å². The van der Waals surface area contributed by atoms with E-state index in [0.29, 0.717) is 5.95 Å². The molecule has 5 rings (SSSR count). The lowest BCUT2D eigenvalue weighted by Gasteiger charge is -2.21. The van der Waals surface area contributed by atoms with Gasteiger partial charge in [0.2, 0.25) is 5.95 Å². The normalized spacial score (nSPS) is 14.5. The molecule has 5 heteroatoms. The Balaban J connectivity index is 1.17. The molecule has 5 nitrogen and oxygen atoms in total. The molecule has 0 saturated heterocycles. The Labute approximate surface area is 189 Å². The summed E-state index contributed by atoms with van der Waals surface area (Å²) in [7, 11) is 0. The number of hydrogen-bond donors (Lipinski definition) is 1. The van der Waals surface area contributed by atoms with Gasteiger partial charge in [-0.25, -0.2) is 4.98 Å². The Morgan fingerprint density at radius 3 is 2.66 bits per heavy atom. The molecule has 0 aliphatic heterocycles. The van der Waals surface area contributed by atoms with E-state index in [1.54, 1.807) is 6.20 Å². The van der Waals surface area contributed by atoms with E-state index in [9.17, 15) is 0 Å². The highest BCUT2D eigenvalue weighted by Gasteiger charge is 2.12. The van der Waals surface area contributed by atoms with Crippen molar-refractivity contribution in [2.45, 2.75) is 44.9 Å². The molecule has 1 aliphatic carbocycles. The van der Waals surface area contributed by atoms with Crippen LogP contribution in [0.5, 0.6) is 5.75 Å². The highest BCUT2D eigenvalue weighted by molar-refractivity contribution is 5.81. The molecule has 0 radical (unpaired) electrons. The second-order valence-electron chi connectivity index (χ2n) is 8.63. The Kier molecular flexibility index (Phi) is 6.33. The van der Waals surface area contributed by atoms with Gasteiger partial charge in [-0.15, -0.1) is 0 Å². The molecule has 0 spiro atoms. The van der Waals surface area contributed by atoms with Crippen molar-refractivity contribution in [1.29, 1.82) is 0 Å². The summed E-state index contributed by atoms with van der Waals surface area (Å²) >= 11 is 0. The van der Waals surface area contributed by atoms with Crippen LogP contribution in [-0.2, 0) is 0 Å². The summed E-state index contributed by atoms with van der Waals surface area (Å²) in [4.78, 5) is 9.08. The Morgan fingerprint density at radius 2 is 1.78 bits per heavy atom. The van der Waals surface area contributed by atoms with Crippen LogP contribution in [0.15, 0.2) is 73.1 Å². The zero-order chi connectivity index (χ0) is 21.6. The van der Waals surface area contributed by atoms with Crippen molar-refractivity contribution in [3.63, 3.8) is 0 Å². The predicted octanol–water partition coefficient (Wildman–Crippen LogP) is 6.90. The maximum Gasteiger partial charge on any atom is 0.229 e. The molecule has 2 aromatic heterocycles. The number of nitrogens with zero attached hydrogens (tertiary/aromatic N) is 3. The molecule has 1 N–H and O–H groups in total. The number of rotatable bonds is 8. The van der Waals surface area contributed by atoms with Crippen LogP contribution in [0.25, 0.3) is 16.7 Å². The van der Waals surface area contributed by atoms with Crippen LogP contribution in [-0.4, -0.2) is 21.1 Å². The molecule has 1 fully saturated rings. The lowest BCUT2D eigenvalue weighted by Crippen LogP contribution is -2.08. The van der Waals surface area contributed by atoms with Crippen molar-refractivity contribution in [1.82, 2.24) is 14.5 Å². The SMILES string of the molecule is c1ccc2c(c1)ccn2-c1ccnc(Nc2ccc(OCCCC3CCCCC3)cc2)n1. The highest BCUT2D eigenvalue weighted by Crippen LogP contribution is 2.27. The van der Waals surface area contributed by atoms with Crippen LogP contribution in [0, 0.1) is 5.92 Å². The minimum atomic E-state index is 0.571. The summed E-state index contributed by atoms with van der Waals surface area (Å²) in [6.07, 6.45) is 13.3. The van der Waals surface area contributed by atoms with E-state index in [2.05, 4.69) is 33.1 Å². The standard InChI is InChI=1S/C27H30N4O/c1-2-7-21(8-3-1)9-6-20-32-24-14-12-23(13-15-24)29-27-28-18-16-26(30-27)31-19-17-22-10-4-5-11-25(22)31/h4-5,10-19,21H,1-3,6-9,20H2,(H,28,29,30). The number of para-hydroxylation sites is 1. The first kappa shape index (κ1) is 20.6. The highest BCUT2D eigenvalue weighted by atomic mass is 16.5. The van der Waals surface area contributed by atoms with Crippen LogP contribution in [0.4, 0.5) is 11.6 Å². The monoisotopic (exact) mass is 426 g/mol. The third-order valence-electron chi connectivity index (χ3n) is 6.35. The van der Waals surface area contributed by atoms with Gasteiger partial charge in [0.05, 0.1) is 12.1 Å². The number of ether oxygens (including phenoxy) is 1. The van der Waals surface area contributed by atoms with Crippen molar-refractivity contribution in [3.8, 4) is 11.6 Å². The van der Waals surface area contributed by atoms with Crippen molar-refractivity contribution in [3.05, 3.63) is 73.1 Å². The molecule has 0 unspecified atom stereocenters. The first-order valence-corrected chi connectivity index (χ1v) is 11.7. The van der Waals surface area contributed by atoms with Gasteiger partial charge in [-0.2, -0.15) is 4.98 Å². The average molecular weight is 427 g/mol. The predicted molar refractivity (Wildman–Crippen MR) is 130 cm³/mol. The fourth-order valence-electron chi connectivity index (χ4n) is 4.63. The molecular formula is C27H30N4O. The van der Waals surface area contributed by atoms with E-state index in [1.807, 2.05) is 48.7 Å². The van der Waals surface area contributed by atoms with Gasteiger partial charge in [0.1, 0.15) is 11.6 Å². The smallest absolute Gasteiger partial charge is 0.229 e. The zero-order valence-corrected chi connectivity index (χ0v) is 18.4. The summed E-state index contributed by atoms with van der Waals surface area (Å²) in [5, 5.41) is 4.49. The van der Waals surface area contributed by atoms with Crippen molar-refractivity contribution >= 4 is 22.5 Å². The van der Waals surface area contributed by atoms with Crippen molar-refractivity contribution in [2.24, 2.45) is 5.92 Å². The molecule has 0 bridgehead atoms. The minimum Gasteiger partial charge on any atom is -0.494 e. The van der Waals surface area contributed by atoms with E-state index < -0.39 is 0 Å². The van der Waals surface area contributed by atoms with Gasteiger partial charge in [0, 0.05) is 18.1 Å². The molecule has 32 heavy (non-hydrogen) atoms. The zero-order valence-electron chi connectivity index (χ0n) is 18.4. The topological polar surface area (TPSA) is 52.0 Å². The van der Waals surface area contributed by atoms with E-state index in [4.69, 9.17) is 9.72 Å². The van der Waals surface area contributed by atoms with Crippen molar-refractivity contribution in [2.75, 3.05) is 11.9 Å². The first-order valence-electron chi connectivity index (χ1n) is 11.7. The van der Waals surface area contributed by atoms with Crippen LogP contribution < -0.4 is 10.1 Å². The van der Waals surface area contributed by atoms with E-state index in [1.165, 1.54) is 43.9 Å². The summed E-state index contributed by atoms with van der Waals surface area (Å²) in [5.74, 6) is 3.23. The third kappa shape index (κ3) is 4.93.